The lowest BCUT2D eigenvalue weighted by Gasteiger charge is -2.35. The second kappa shape index (κ2) is 6.71. The first-order chi connectivity index (χ1) is 11.6. The summed E-state index contributed by atoms with van der Waals surface area (Å²) in [5, 5.41) is 29.5. The van der Waals surface area contributed by atoms with Crippen molar-refractivity contribution >= 4 is 17.9 Å². The summed E-state index contributed by atoms with van der Waals surface area (Å²) < 4.78 is 5.60. The molecule has 10 nitrogen and oxygen atoms in total. The van der Waals surface area contributed by atoms with Gasteiger partial charge in [-0.1, -0.05) is 12.8 Å². The van der Waals surface area contributed by atoms with E-state index >= 15 is 0 Å². The molecular weight excluding hydrogens is 328 g/mol. The van der Waals surface area contributed by atoms with Crippen LogP contribution in [0.1, 0.15) is 25.7 Å². The molecule has 0 bridgehead atoms. The average molecular weight is 351 g/mol. The number of nitrogens with zero attached hydrogens (tertiary/aromatic N) is 5. The quantitative estimate of drug-likeness (QED) is 0.456. The van der Waals surface area contributed by atoms with Crippen LogP contribution in [0.15, 0.2) is 15.0 Å². The second-order valence-electron chi connectivity index (χ2n) is 6.85. The number of aliphatic hydroxyl groups excluding tert-OH is 3. The van der Waals surface area contributed by atoms with Gasteiger partial charge in [-0.05, 0) is 12.8 Å². The van der Waals surface area contributed by atoms with Crippen molar-refractivity contribution in [2.75, 3.05) is 13.3 Å². The Kier molecular flexibility index (Phi) is 4.93. The van der Waals surface area contributed by atoms with Crippen LogP contribution in [0.3, 0.4) is 0 Å². The van der Waals surface area contributed by atoms with E-state index in [-0.39, 0.29) is 25.3 Å². The van der Waals surface area contributed by atoms with Crippen molar-refractivity contribution in [2.24, 2.45) is 26.6 Å². The van der Waals surface area contributed by atoms with Crippen molar-refractivity contribution in [2.45, 2.75) is 55.9 Å². The van der Waals surface area contributed by atoms with E-state index in [1.807, 2.05) is 0 Å². The number of amidine groups is 1. The fourth-order valence-corrected chi connectivity index (χ4v) is 4.11. The summed E-state index contributed by atoms with van der Waals surface area (Å²) >= 11 is 0. The van der Waals surface area contributed by atoms with Crippen molar-refractivity contribution in [1.29, 1.82) is 0 Å². The first kappa shape index (κ1) is 18.4. The Bertz CT molecular complexity index is 605. The van der Waals surface area contributed by atoms with Gasteiger partial charge in [0, 0.05) is 12.1 Å². The van der Waals surface area contributed by atoms with Crippen LogP contribution >= 0.6 is 0 Å². The normalized spacial score (nSPS) is 40.7. The highest BCUT2D eigenvalue weighted by Gasteiger charge is 2.52. The van der Waals surface area contributed by atoms with E-state index in [4.69, 9.17) is 10.5 Å². The lowest BCUT2D eigenvalue weighted by atomic mass is 9.86. The van der Waals surface area contributed by atoms with Crippen LogP contribution in [0, 0.1) is 5.92 Å². The largest absolute Gasteiger partial charge is 0.394 e. The van der Waals surface area contributed by atoms with Crippen molar-refractivity contribution < 1.29 is 20.1 Å². The molecule has 2 fully saturated rings. The lowest BCUT2D eigenvalue weighted by Crippen LogP contribution is -2.58. The first-order valence-electron chi connectivity index (χ1n) is 8.41. The van der Waals surface area contributed by atoms with Crippen LogP contribution in [-0.4, -0.2) is 81.6 Å². The van der Waals surface area contributed by atoms with E-state index in [0.717, 1.165) is 25.7 Å². The predicted octanol–water partition coefficient (Wildman–Crippen LogP) is -2.06. The van der Waals surface area contributed by atoms with Crippen LogP contribution in [0.5, 0.6) is 0 Å². The summed E-state index contributed by atoms with van der Waals surface area (Å²) in [6, 6.07) is 0. The Morgan fingerprint density at radius 3 is 2.64 bits per heavy atom. The molecule has 0 spiro atoms. The minimum atomic E-state index is -1.16. The number of aliphatic hydroxyl groups is 3. The third kappa shape index (κ3) is 2.69. The zero-order chi connectivity index (χ0) is 16.9. The molecule has 3 heterocycles. The molecule has 10 heteroatoms. The molecule has 1 saturated carbocycles. The van der Waals surface area contributed by atoms with Crippen molar-refractivity contribution in [3.05, 3.63) is 0 Å². The van der Waals surface area contributed by atoms with Gasteiger partial charge >= 0.3 is 0 Å². The number of hydrogen-bond acceptors (Lipinski definition) is 9. The monoisotopic (exact) mass is 351 g/mol. The standard InChI is InChI=1S/C15H23N5O4.N/c16-15(8-3-1-2-4-8)12-13(17-6-19-15)20(7-18-12)14-11(23)10(22)9(5-21)24-14;/h6,8-11,14,21-23H,1-5,7,16H2;/t9-,10-,11-,14-,15?;/m1./s1. The molecule has 1 aliphatic carbocycles. The Balaban J connectivity index is 0.00000182. The molecule has 0 aromatic rings. The predicted molar refractivity (Wildman–Crippen MR) is 88.8 cm³/mol. The highest BCUT2D eigenvalue weighted by atomic mass is 16.6. The van der Waals surface area contributed by atoms with Gasteiger partial charge in [-0.2, -0.15) is 0 Å². The van der Waals surface area contributed by atoms with Gasteiger partial charge in [-0.25, -0.2) is 9.98 Å². The Labute approximate surface area is 145 Å². The molecule has 3 radical (unpaired) electrons. The molecule has 5 N–H and O–H groups in total. The van der Waals surface area contributed by atoms with Gasteiger partial charge in [0.05, 0.1) is 6.61 Å². The molecule has 1 unspecified atom stereocenters. The number of nitrogens with two attached hydrogens (primary N) is 1. The maximum absolute atomic E-state index is 10.3. The van der Waals surface area contributed by atoms with E-state index in [0.29, 0.717) is 11.5 Å². The summed E-state index contributed by atoms with van der Waals surface area (Å²) in [5.41, 5.74) is 6.33. The summed E-state index contributed by atoms with van der Waals surface area (Å²) in [6.45, 7) is -0.136. The molecule has 4 rings (SSSR count). The van der Waals surface area contributed by atoms with E-state index in [9.17, 15) is 15.3 Å². The molecule has 25 heavy (non-hydrogen) atoms. The zero-order valence-electron chi connectivity index (χ0n) is 13.8. The van der Waals surface area contributed by atoms with E-state index in [1.54, 1.807) is 4.90 Å². The number of ether oxygens (including phenoxy) is 1. The molecule has 137 valence electrons. The van der Waals surface area contributed by atoms with E-state index in [2.05, 4.69) is 15.0 Å². The summed E-state index contributed by atoms with van der Waals surface area (Å²) in [4.78, 5) is 14.9. The van der Waals surface area contributed by atoms with Crippen LogP contribution in [0.2, 0.25) is 0 Å². The van der Waals surface area contributed by atoms with Gasteiger partial charge in [0.15, 0.2) is 17.7 Å². The summed E-state index contributed by atoms with van der Waals surface area (Å²) in [7, 11) is 0. The molecular formula is C15H23N6O4. The topological polar surface area (TPSA) is 167 Å². The van der Waals surface area contributed by atoms with Gasteiger partial charge in [-0.15, -0.1) is 0 Å². The number of hydrogen-bond donors (Lipinski definition) is 4. The number of fused-ring (bicyclic) bond motifs is 1. The van der Waals surface area contributed by atoms with Gasteiger partial charge in [-0.3, -0.25) is 4.99 Å². The van der Waals surface area contributed by atoms with Gasteiger partial charge in [0.25, 0.3) is 0 Å². The fourth-order valence-electron chi connectivity index (χ4n) is 4.11. The third-order valence-electron chi connectivity index (χ3n) is 5.50. The van der Waals surface area contributed by atoms with Gasteiger partial charge in [0.2, 0.25) is 0 Å². The Morgan fingerprint density at radius 2 is 2.00 bits per heavy atom. The van der Waals surface area contributed by atoms with Crippen LogP contribution in [-0.2, 0) is 4.74 Å². The van der Waals surface area contributed by atoms with Crippen LogP contribution in [0.4, 0.5) is 0 Å². The summed E-state index contributed by atoms with van der Waals surface area (Å²) in [6.07, 6.45) is 1.78. The van der Waals surface area contributed by atoms with E-state index in [1.165, 1.54) is 6.34 Å². The summed E-state index contributed by atoms with van der Waals surface area (Å²) in [5.74, 6) is 0.761. The molecule has 4 aliphatic rings. The smallest absolute Gasteiger partial charge is 0.162 e. The molecule has 1 saturated heterocycles. The van der Waals surface area contributed by atoms with Gasteiger partial charge in [0.1, 0.15) is 37.0 Å². The first-order valence-corrected chi connectivity index (χ1v) is 8.41. The van der Waals surface area contributed by atoms with E-state index < -0.39 is 30.2 Å². The zero-order valence-corrected chi connectivity index (χ0v) is 13.8. The maximum Gasteiger partial charge on any atom is 0.162 e. The van der Waals surface area contributed by atoms with Crippen molar-refractivity contribution in [3.63, 3.8) is 0 Å². The average Bonchev–Trinajstić information content (AvgIpc) is 3.29. The van der Waals surface area contributed by atoms with Crippen molar-refractivity contribution in [3.8, 4) is 0 Å². The van der Waals surface area contributed by atoms with Gasteiger partial charge < -0.3 is 30.7 Å². The lowest BCUT2D eigenvalue weighted by molar-refractivity contribution is -0.0688. The molecule has 0 aromatic heterocycles. The molecule has 3 aliphatic heterocycles. The molecule has 0 aromatic carbocycles. The number of rotatable bonds is 3. The Hall–Kier alpha value is -1.43. The number of aliphatic imine (C=N–C) groups is 3. The minimum Gasteiger partial charge on any atom is -0.394 e. The highest BCUT2D eigenvalue weighted by Crippen LogP contribution is 2.38. The molecule has 0 amide bonds. The fraction of sp³-hybridized carbons (Fsp3) is 0.800. The van der Waals surface area contributed by atoms with Crippen LogP contribution in [0.25, 0.3) is 0 Å². The highest BCUT2D eigenvalue weighted by molar-refractivity contribution is 6.47. The minimum absolute atomic E-state index is 0. The second-order valence-corrected chi connectivity index (χ2v) is 6.85. The SMILES string of the molecule is NC1(C2CCCC2)N=CN=C2C1=NCN2[C@@H]1O[C@H](CO)[C@@H](O)[C@H]1O.[N]. The Morgan fingerprint density at radius 1 is 1.28 bits per heavy atom. The van der Waals surface area contributed by atoms with Crippen LogP contribution < -0.4 is 11.9 Å². The van der Waals surface area contributed by atoms with Crippen molar-refractivity contribution in [1.82, 2.24) is 11.1 Å². The third-order valence-corrected chi connectivity index (χ3v) is 5.50. The molecule has 5 atom stereocenters. The maximum atomic E-state index is 10.3.